The number of pyridine rings is 1. The van der Waals surface area contributed by atoms with Gasteiger partial charge < -0.3 is 5.73 Å². The van der Waals surface area contributed by atoms with E-state index in [2.05, 4.69) is 10.1 Å². The SMILES string of the molecule is CC.Cc1ccnc(-n2nc(C(N)=O)c3c2CCCC3)c1. The lowest BCUT2D eigenvalue weighted by atomic mass is 9.95. The standard InChI is InChI=1S/C14H16N4O.C2H6/c1-9-6-7-16-12(8-9)18-11-5-3-2-4-10(11)13(17-18)14(15)19;1-2/h6-8H,2-5H2,1H3,(H2,15,19);1-2H3. The Morgan fingerprint density at radius 3 is 2.67 bits per heavy atom. The Morgan fingerprint density at radius 1 is 1.29 bits per heavy atom. The predicted molar refractivity (Wildman–Crippen MR) is 82.6 cm³/mol. The van der Waals surface area contributed by atoms with E-state index in [1.807, 2.05) is 32.9 Å². The highest BCUT2D eigenvalue weighted by atomic mass is 16.1. The minimum absolute atomic E-state index is 0.401. The molecule has 1 amide bonds. The summed E-state index contributed by atoms with van der Waals surface area (Å²) in [7, 11) is 0. The molecule has 112 valence electrons. The molecular formula is C16H22N4O. The summed E-state index contributed by atoms with van der Waals surface area (Å²) >= 11 is 0. The van der Waals surface area contributed by atoms with Gasteiger partial charge in [0.15, 0.2) is 11.5 Å². The van der Waals surface area contributed by atoms with Crippen molar-refractivity contribution in [3.8, 4) is 5.82 Å². The molecule has 0 unspecified atom stereocenters. The van der Waals surface area contributed by atoms with E-state index in [1.54, 1.807) is 10.9 Å². The van der Waals surface area contributed by atoms with Gasteiger partial charge in [-0.05, 0) is 50.3 Å². The zero-order valence-electron chi connectivity index (χ0n) is 12.9. The molecule has 0 aromatic carbocycles. The number of aromatic nitrogens is 3. The summed E-state index contributed by atoms with van der Waals surface area (Å²) in [4.78, 5) is 15.8. The molecule has 1 aliphatic carbocycles. The van der Waals surface area contributed by atoms with E-state index < -0.39 is 5.91 Å². The normalized spacial score (nSPS) is 13.1. The van der Waals surface area contributed by atoms with Crippen LogP contribution < -0.4 is 5.73 Å². The molecule has 0 aliphatic heterocycles. The average Bonchev–Trinajstić information content (AvgIpc) is 2.89. The lowest BCUT2D eigenvalue weighted by Crippen LogP contribution is -2.15. The van der Waals surface area contributed by atoms with Gasteiger partial charge in [0.05, 0.1) is 5.69 Å². The van der Waals surface area contributed by atoms with Gasteiger partial charge in [0.2, 0.25) is 0 Å². The first-order valence-corrected chi connectivity index (χ1v) is 7.50. The van der Waals surface area contributed by atoms with Crippen molar-refractivity contribution in [3.05, 3.63) is 40.8 Å². The van der Waals surface area contributed by atoms with Gasteiger partial charge in [0.25, 0.3) is 5.91 Å². The number of fused-ring (bicyclic) bond motifs is 1. The van der Waals surface area contributed by atoms with E-state index in [9.17, 15) is 4.79 Å². The second-order valence-electron chi connectivity index (χ2n) is 4.95. The topological polar surface area (TPSA) is 73.8 Å². The Kier molecular flexibility index (Phi) is 4.73. The van der Waals surface area contributed by atoms with Crippen molar-refractivity contribution < 1.29 is 4.79 Å². The van der Waals surface area contributed by atoms with Gasteiger partial charge in [0, 0.05) is 11.8 Å². The fourth-order valence-electron chi connectivity index (χ4n) is 2.62. The molecule has 1 aliphatic rings. The molecule has 2 aromatic heterocycles. The largest absolute Gasteiger partial charge is 0.364 e. The van der Waals surface area contributed by atoms with E-state index in [4.69, 9.17) is 5.73 Å². The number of hydrogen-bond donors (Lipinski definition) is 1. The van der Waals surface area contributed by atoms with E-state index in [0.717, 1.165) is 48.3 Å². The maximum absolute atomic E-state index is 11.5. The number of amides is 1. The zero-order valence-corrected chi connectivity index (χ0v) is 12.9. The van der Waals surface area contributed by atoms with Crippen molar-refractivity contribution in [3.63, 3.8) is 0 Å². The number of rotatable bonds is 2. The third-order valence-electron chi connectivity index (χ3n) is 3.53. The zero-order chi connectivity index (χ0) is 15.4. The number of primary amides is 1. The minimum Gasteiger partial charge on any atom is -0.364 e. The number of carbonyl (C=O) groups is 1. The highest BCUT2D eigenvalue weighted by Gasteiger charge is 2.24. The smallest absolute Gasteiger partial charge is 0.269 e. The Balaban J connectivity index is 0.000000774. The number of aryl methyl sites for hydroxylation is 1. The van der Waals surface area contributed by atoms with Crippen molar-refractivity contribution >= 4 is 5.91 Å². The molecule has 5 heteroatoms. The first-order chi connectivity index (χ1) is 10.2. The first kappa shape index (κ1) is 15.2. The lowest BCUT2D eigenvalue weighted by Gasteiger charge is -2.13. The summed E-state index contributed by atoms with van der Waals surface area (Å²) in [5.41, 5.74) is 9.02. The summed E-state index contributed by atoms with van der Waals surface area (Å²) in [5.74, 6) is 0.301. The minimum atomic E-state index is -0.454. The molecule has 0 bridgehead atoms. The van der Waals surface area contributed by atoms with Gasteiger partial charge in [-0.15, -0.1) is 0 Å². The van der Waals surface area contributed by atoms with Crippen LogP contribution in [-0.4, -0.2) is 20.7 Å². The molecule has 2 N–H and O–H groups in total. The maximum Gasteiger partial charge on any atom is 0.269 e. The molecule has 0 radical (unpaired) electrons. The number of hydrogen-bond acceptors (Lipinski definition) is 3. The van der Waals surface area contributed by atoms with Gasteiger partial charge in [-0.2, -0.15) is 5.10 Å². The van der Waals surface area contributed by atoms with Crippen molar-refractivity contribution in [2.45, 2.75) is 46.5 Å². The van der Waals surface area contributed by atoms with Crippen LogP contribution in [0.15, 0.2) is 18.3 Å². The van der Waals surface area contributed by atoms with Crippen LogP contribution in [0.2, 0.25) is 0 Å². The van der Waals surface area contributed by atoms with Crippen LogP contribution in [-0.2, 0) is 12.8 Å². The molecule has 0 fully saturated rings. The summed E-state index contributed by atoms with van der Waals surface area (Å²) in [6.07, 6.45) is 5.75. The Labute approximate surface area is 125 Å². The monoisotopic (exact) mass is 286 g/mol. The first-order valence-electron chi connectivity index (χ1n) is 7.50. The molecular weight excluding hydrogens is 264 g/mol. The van der Waals surface area contributed by atoms with Crippen molar-refractivity contribution in [1.29, 1.82) is 0 Å². The third kappa shape index (κ3) is 2.96. The number of carbonyl (C=O) groups excluding carboxylic acids is 1. The molecule has 5 nitrogen and oxygen atoms in total. The summed E-state index contributed by atoms with van der Waals surface area (Å²) in [6.45, 7) is 6.01. The molecule has 21 heavy (non-hydrogen) atoms. The van der Waals surface area contributed by atoms with Gasteiger partial charge >= 0.3 is 0 Å². The molecule has 0 saturated carbocycles. The number of nitrogens with two attached hydrogens (primary N) is 1. The summed E-state index contributed by atoms with van der Waals surface area (Å²) in [5, 5.41) is 4.38. The van der Waals surface area contributed by atoms with E-state index in [1.165, 1.54) is 0 Å². The second-order valence-corrected chi connectivity index (χ2v) is 4.95. The number of nitrogens with zero attached hydrogens (tertiary/aromatic N) is 3. The van der Waals surface area contributed by atoms with Gasteiger partial charge in [-0.25, -0.2) is 9.67 Å². The molecule has 0 atom stereocenters. The fraction of sp³-hybridized carbons (Fsp3) is 0.438. The van der Waals surface area contributed by atoms with Crippen molar-refractivity contribution in [1.82, 2.24) is 14.8 Å². The van der Waals surface area contributed by atoms with Crippen LogP contribution in [0.1, 0.15) is 54.0 Å². The highest BCUT2D eigenvalue weighted by molar-refractivity contribution is 5.92. The predicted octanol–water partition coefficient (Wildman–Crippen LogP) is 2.58. The molecule has 2 heterocycles. The Morgan fingerprint density at radius 2 is 2.00 bits per heavy atom. The highest BCUT2D eigenvalue weighted by Crippen LogP contribution is 2.26. The maximum atomic E-state index is 11.5. The van der Waals surface area contributed by atoms with E-state index in [0.29, 0.717) is 5.69 Å². The molecule has 0 saturated heterocycles. The fourth-order valence-corrected chi connectivity index (χ4v) is 2.62. The second kappa shape index (κ2) is 6.52. The lowest BCUT2D eigenvalue weighted by molar-refractivity contribution is 0.0994. The van der Waals surface area contributed by atoms with Gasteiger partial charge in [-0.3, -0.25) is 4.79 Å². The summed E-state index contributed by atoms with van der Waals surface area (Å²) in [6, 6.07) is 3.90. The molecule has 2 aromatic rings. The van der Waals surface area contributed by atoms with Gasteiger partial charge in [0.1, 0.15) is 0 Å². The summed E-state index contributed by atoms with van der Waals surface area (Å²) < 4.78 is 1.78. The molecule has 3 rings (SSSR count). The van der Waals surface area contributed by atoms with Gasteiger partial charge in [-0.1, -0.05) is 13.8 Å². The quantitative estimate of drug-likeness (QED) is 0.922. The Hall–Kier alpha value is -2.17. The third-order valence-corrected chi connectivity index (χ3v) is 3.53. The van der Waals surface area contributed by atoms with Crippen LogP contribution in [0.3, 0.4) is 0 Å². The van der Waals surface area contributed by atoms with Crippen LogP contribution in [0.25, 0.3) is 5.82 Å². The average molecular weight is 286 g/mol. The van der Waals surface area contributed by atoms with Crippen LogP contribution in [0.5, 0.6) is 0 Å². The van der Waals surface area contributed by atoms with Crippen LogP contribution >= 0.6 is 0 Å². The van der Waals surface area contributed by atoms with Crippen LogP contribution in [0.4, 0.5) is 0 Å². The van der Waals surface area contributed by atoms with Crippen molar-refractivity contribution in [2.75, 3.05) is 0 Å². The van der Waals surface area contributed by atoms with E-state index >= 15 is 0 Å². The van der Waals surface area contributed by atoms with E-state index in [-0.39, 0.29) is 0 Å². The Bertz CT molecular complexity index is 646. The van der Waals surface area contributed by atoms with Crippen LogP contribution in [0, 0.1) is 6.92 Å². The molecule has 0 spiro atoms. The van der Waals surface area contributed by atoms with Crippen molar-refractivity contribution in [2.24, 2.45) is 5.73 Å².